The Hall–Kier alpha value is -2.66. The van der Waals surface area contributed by atoms with Crippen molar-refractivity contribution >= 4 is 22.4 Å². The van der Waals surface area contributed by atoms with Gasteiger partial charge in [-0.3, -0.25) is 4.79 Å². The van der Waals surface area contributed by atoms with Gasteiger partial charge in [-0.1, -0.05) is 48.0 Å². The van der Waals surface area contributed by atoms with E-state index in [2.05, 4.69) is 23.3 Å². The van der Waals surface area contributed by atoms with Crippen molar-refractivity contribution in [1.82, 2.24) is 4.98 Å². The van der Waals surface area contributed by atoms with Gasteiger partial charge in [0, 0.05) is 17.4 Å². The van der Waals surface area contributed by atoms with Crippen molar-refractivity contribution in [2.45, 2.75) is 26.7 Å². The van der Waals surface area contributed by atoms with Crippen LogP contribution in [0.2, 0.25) is 0 Å². The molecule has 0 atom stereocenters. The third kappa shape index (κ3) is 4.92. The lowest BCUT2D eigenvalue weighted by atomic mass is 10.1. The highest BCUT2D eigenvalue weighted by Crippen LogP contribution is 2.24. The number of nitrogens with one attached hydrogen (secondary N) is 1. The number of carbonyl (C=O) groups is 1. The smallest absolute Gasteiger partial charge is 0.226 e. The van der Waals surface area contributed by atoms with E-state index in [9.17, 15) is 4.79 Å². The van der Waals surface area contributed by atoms with Gasteiger partial charge in [-0.15, -0.1) is 11.3 Å². The number of hydrogen-bond acceptors (Lipinski definition) is 4. The van der Waals surface area contributed by atoms with Gasteiger partial charge in [0.2, 0.25) is 5.91 Å². The number of carbonyl (C=O) groups excluding carboxylic acids is 1. The summed E-state index contributed by atoms with van der Waals surface area (Å²) in [5.41, 5.74) is 4.26. The molecular formula is C21H22N2O2S. The molecule has 0 radical (unpaired) electrons. The first-order valence-electron chi connectivity index (χ1n) is 8.62. The predicted molar refractivity (Wildman–Crippen MR) is 107 cm³/mol. The lowest BCUT2D eigenvalue weighted by molar-refractivity contribution is -0.116. The van der Waals surface area contributed by atoms with E-state index in [1.807, 2.05) is 54.8 Å². The molecule has 2 aromatic carbocycles. The number of anilines is 1. The molecule has 134 valence electrons. The largest absolute Gasteiger partial charge is 0.493 e. The van der Waals surface area contributed by atoms with Crippen LogP contribution in [0.15, 0.2) is 53.9 Å². The van der Waals surface area contributed by atoms with Crippen molar-refractivity contribution in [1.29, 1.82) is 0 Å². The number of aryl methyl sites for hydroxylation is 2. The van der Waals surface area contributed by atoms with Crippen LogP contribution in [-0.2, 0) is 4.79 Å². The molecule has 0 unspecified atom stereocenters. The molecule has 0 bridgehead atoms. The van der Waals surface area contributed by atoms with Crippen LogP contribution in [0.5, 0.6) is 5.75 Å². The van der Waals surface area contributed by atoms with E-state index in [1.54, 1.807) is 0 Å². The first kappa shape index (κ1) is 18.1. The Labute approximate surface area is 157 Å². The van der Waals surface area contributed by atoms with Crippen molar-refractivity contribution in [2.75, 3.05) is 11.9 Å². The summed E-state index contributed by atoms with van der Waals surface area (Å²) in [5, 5.41) is 5.44. The maximum atomic E-state index is 12.1. The van der Waals surface area contributed by atoms with E-state index in [4.69, 9.17) is 4.74 Å². The fraction of sp³-hybridized carbons (Fsp3) is 0.238. The van der Waals surface area contributed by atoms with E-state index in [-0.39, 0.29) is 5.91 Å². The van der Waals surface area contributed by atoms with Crippen LogP contribution in [0.4, 0.5) is 5.13 Å². The standard InChI is InChI=1S/C21H22N2O2S/c1-15-10-11-19(16(2)13-15)25-12-6-9-20(24)23-21-22-18(14-26-21)17-7-4-3-5-8-17/h3-5,7-8,10-11,13-14H,6,9,12H2,1-2H3,(H,22,23,24). The van der Waals surface area contributed by atoms with E-state index in [0.717, 1.165) is 22.6 Å². The molecular weight excluding hydrogens is 344 g/mol. The van der Waals surface area contributed by atoms with Gasteiger partial charge in [0.25, 0.3) is 0 Å². The number of benzene rings is 2. The second-order valence-corrected chi connectivity index (χ2v) is 7.03. The van der Waals surface area contributed by atoms with E-state index >= 15 is 0 Å². The van der Waals surface area contributed by atoms with E-state index < -0.39 is 0 Å². The zero-order valence-electron chi connectivity index (χ0n) is 15.0. The molecule has 1 N–H and O–H groups in total. The summed E-state index contributed by atoms with van der Waals surface area (Å²) in [7, 11) is 0. The maximum Gasteiger partial charge on any atom is 0.226 e. The summed E-state index contributed by atoms with van der Waals surface area (Å²) in [4.78, 5) is 16.6. The van der Waals surface area contributed by atoms with Gasteiger partial charge in [0.15, 0.2) is 5.13 Å². The van der Waals surface area contributed by atoms with Gasteiger partial charge in [0.1, 0.15) is 5.75 Å². The Morgan fingerprint density at radius 1 is 1.15 bits per heavy atom. The molecule has 0 spiro atoms. The Bertz CT molecular complexity index is 875. The molecule has 0 aliphatic rings. The van der Waals surface area contributed by atoms with Crippen molar-refractivity contribution < 1.29 is 9.53 Å². The first-order valence-corrected chi connectivity index (χ1v) is 9.50. The van der Waals surface area contributed by atoms with Crippen LogP contribution < -0.4 is 10.1 Å². The maximum absolute atomic E-state index is 12.1. The zero-order valence-corrected chi connectivity index (χ0v) is 15.8. The number of hydrogen-bond donors (Lipinski definition) is 1. The monoisotopic (exact) mass is 366 g/mol. The van der Waals surface area contributed by atoms with Crippen LogP contribution in [0.1, 0.15) is 24.0 Å². The summed E-state index contributed by atoms with van der Waals surface area (Å²) in [5.74, 6) is 0.839. The lowest BCUT2D eigenvalue weighted by Crippen LogP contribution is -2.12. The van der Waals surface area contributed by atoms with E-state index in [0.29, 0.717) is 24.6 Å². The van der Waals surface area contributed by atoms with Gasteiger partial charge in [0.05, 0.1) is 12.3 Å². The molecule has 3 aromatic rings. The lowest BCUT2D eigenvalue weighted by Gasteiger charge is -2.09. The van der Waals surface area contributed by atoms with Crippen molar-refractivity contribution in [3.8, 4) is 17.0 Å². The average Bonchev–Trinajstić information content (AvgIpc) is 3.09. The highest BCUT2D eigenvalue weighted by atomic mass is 32.1. The molecule has 0 fully saturated rings. The van der Waals surface area contributed by atoms with Crippen LogP contribution in [-0.4, -0.2) is 17.5 Å². The Morgan fingerprint density at radius 3 is 2.73 bits per heavy atom. The Morgan fingerprint density at radius 2 is 1.96 bits per heavy atom. The molecule has 5 heteroatoms. The molecule has 0 aliphatic heterocycles. The summed E-state index contributed by atoms with van der Waals surface area (Å²) >= 11 is 1.44. The first-order chi connectivity index (χ1) is 12.6. The second kappa shape index (κ2) is 8.63. The Balaban J connectivity index is 1.44. The molecule has 0 saturated heterocycles. The van der Waals surface area contributed by atoms with Crippen molar-refractivity contribution in [2.24, 2.45) is 0 Å². The van der Waals surface area contributed by atoms with Gasteiger partial charge >= 0.3 is 0 Å². The highest BCUT2D eigenvalue weighted by Gasteiger charge is 2.08. The number of ether oxygens (including phenoxy) is 1. The minimum Gasteiger partial charge on any atom is -0.493 e. The molecule has 1 amide bonds. The second-order valence-electron chi connectivity index (χ2n) is 6.17. The molecule has 4 nitrogen and oxygen atoms in total. The number of rotatable bonds is 7. The van der Waals surface area contributed by atoms with Crippen LogP contribution >= 0.6 is 11.3 Å². The Kier molecular flexibility index (Phi) is 6.02. The molecule has 26 heavy (non-hydrogen) atoms. The zero-order chi connectivity index (χ0) is 18.4. The quantitative estimate of drug-likeness (QED) is 0.583. The summed E-state index contributed by atoms with van der Waals surface area (Å²) in [6.07, 6.45) is 1.07. The molecule has 0 saturated carbocycles. The number of aromatic nitrogens is 1. The van der Waals surface area contributed by atoms with Gasteiger partial charge in [-0.2, -0.15) is 0 Å². The molecule has 1 aromatic heterocycles. The number of nitrogens with zero attached hydrogens (tertiary/aromatic N) is 1. The van der Waals surface area contributed by atoms with Gasteiger partial charge < -0.3 is 10.1 Å². The third-order valence-electron chi connectivity index (χ3n) is 3.96. The fourth-order valence-corrected chi connectivity index (χ4v) is 3.37. The topological polar surface area (TPSA) is 51.2 Å². The summed E-state index contributed by atoms with van der Waals surface area (Å²) in [6, 6.07) is 16.0. The molecule has 3 rings (SSSR count). The molecule has 0 aliphatic carbocycles. The predicted octanol–water partition coefficient (Wildman–Crippen LogP) is 5.22. The summed E-state index contributed by atoms with van der Waals surface area (Å²) < 4.78 is 5.76. The normalized spacial score (nSPS) is 10.5. The van der Waals surface area contributed by atoms with Crippen LogP contribution in [0.25, 0.3) is 11.3 Å². The third-order valence-corrected chi connectivity index (χ3v) is 4.71. The van der Waals surface area contributed by atoms with E-state index in [1.165, 1.54) is 16.9 Å². The molecule has 1 heterocycles. The SMILES string of the molecule is Cc1ccc(OCCCC(=O)Nc2nc(-c3ccccc3)cs2)c(C)c1. The fourth-order valence-electron chi connectivity index (χ4n) is 2.63. The average molecular weight is 366 g/mol. The highest BCUT2D eigenvalue weighted by molar-refractivity contribution is 7.14. The minimum absolute atomic E-state index is 0.0387. The van der Waals surface area contributed by atoms with Crippen molar-refractivity contribution in [3.05, 3.63) is 65.0 Å². The van der Waals surface area contributed by atoms with Gasteiger partial charge in [-0.25, -0.2) is 4.98 Å². The number of amides is 1. The number of thiazole rings is 1. The summed E-state index contributed by atoms with van der Waals surface area (Å²) in [6.45, 7) is 4.61. The van der Waals surface area contributed by atoms with Gasteiger partial charge in [-0.05, 0) is 31.9 Å². The van der Waals surface area contributed by atoms with Crippen LogP contribution in [0, 0.1) is 13.8 Å². The van der Waals surface area contributed by atoms with Crippen molar-refractivity contribution in [3.63, 3.8) is 0 Å². The van der Waals surface area contributed by atoms with Crippen LogP contribution in [0.3, 0.4) is 0 Å². The minimum atomic E-state index is -0.0387.